The molecule has 8 nitrogen and oxygen atoms in total. The van der Waals surface area contributed by atoms with Crippen molar-refractivity contribution in [1.29, 1.82) is 0 Å². The van der Waals surface area contributed by atoms with Crippen LogP contribution >= 0.6 is 0 Å². The monoisotopic (exact) mass is 658 g/mol. The van der Waals surface area contributed by atoms with E-state index in [1.54, 1.807) is 72.8 Å². The minimum Gasteiger partial charge on any atom is -0.461 e. The number of rotatable bonds is 13. The van der Waals surface area contributed by atoms with E-state index in [1.165, 1.54) is 0 Å². The second kappa shape index (κ2) is 16.7. The van der Waals surface area contributed by atoms with E-state index in [-0.39, 0.29) is 12.5 Å². The maximum absolute atomic E-state index is 13.5. The fourth-order valence-electron chi connectivity index (χ4n) is 5.55. The first-order valence-electron chi connectivity index (χ1n) is 16.3. The van der Waals surface area contributed by atoms with Gasteiger partial charge < -0.3 is 28.4 Å². The third kappa shape index (κ3) is 9.21. The van der Waals surface area contributed by atoms with Crippen molar-refractivity contribution in [2.24, 2.45) is 5.92 Å². The number of hydrogen-bond donors (Lipinski definition) is 0. The summed E-state index contributed by atoms with van der Waals surface area (Å²) in [4.78, 5) is 26.0. The van der Waals surface area contributed by atoms with Crippen molar-refractivity contribution in [1.82, 2.24) is 0 Å². The highest BCUT2D eigenvalue weighted by Crippen LogP contribution is 2.34. The van der Waals surface area contributed by atoms with Crippen molar-refractivity contribution in [3.63, 3.8) is 0 Å². The molecule has 0 spiro atoms. The molecule has 1 unspecified atom stereocenters. The van der Waals surface area contributed by atoms with E-state index >= 15 is 0 Å². The Hall–Kier alpha value is -5.28. The molecular formula is C41H38O8. The van der Waals surface area contributed by atoms with Crippen LogP contribution in [-0.2, 0) is 32.2 Å². The van der Waals surface area contributed by atoms with Gasteiger partial charge in [-0.25, -0.2) is 9.59 Å². The quantitative estimate of drug-likeness (QED) is 0.0941. The number of benzene rings is 5. The molecule has 6 rings (SSSR count). The summed E-state index contributed by atoms with van der Waals surface area (Å²) in [5.74, 6) is -0.463. The topological polar surface area (TPSA) is 89.5 Å². The van der Waals surface area contributed by atoms with Crippen LogP contribution in [0, 0.1) is 5.92 Å². The van der Waals surface area contributed by atoms with E-state index in [0.29, 0.717) is 35.8 Å². The Bertz CT molecular complexity index is 1750. The van der Waals surface area contributed by atoms with E-state index in [4.69, 9.17) is 28.4 Å². The molecule has 1 aliphatic heterocycles. The van der Waals surface area contributed by atoms with Crippen LogP contribution in [0.5, 0.6) is 11.5 Å². The average molecular weight is 659 g/mol. The van der Waals surface area contributed by atoms with Gasteiger partial charge in [0.05, 0.1) is 37.1 Å². The van der Waals surface area contributed by atoms with Gasteiger partial charge in [0.25, 0.3) is 0 Å². The molecule has 5 atom stereocenters. The van der Waals surface area contributed by atoms with Crippen molar-refractivity contribution < 1.29 is 38.0 Å². The zero-order chi connectivity index (χ0) is 33.8. The van der Waals surface area contributed by atoms with Gasteiger partial charge >= 0.3 is 11.9 Å². The Morgan fingerprint density at radius 1 is 0.592 bits per heavy atom. The minimum absolute atomic E-state index is 0.243. The standard InChI is InChI=1S/C41H38O8/c1-29-36(28-44-26-30-14-6-2-7-15-30)48-41(47-35-24-22-34(23-25-35)46-39(42)32-18-10-4-11-19-32)38(49-40(43)33-20-12-5-13-21-33)37(29)45-27-31-16-8-3-9-17-31/h2-25,29,36-38,41H,26-28H2,1H3/t29-,36-,37+,38-,41?/m1/s1. The predicted octanol–water partition coefficient (Wildman–Crippen LogP) is 7.67. The molecule has 1 aliphatic rings. The highest BCUT2D eigenvalue weighted by Gasteiger charge is 2.48. The van der Waals surface area contributed by atoms with Gasteiger partial charge in [-0.05, 0) is 59.7 Å². The van der Waals surface area contributed by atoms with Crippen molar-refractivity contribution in [3.05, 3.63) is 168 Å². The smallest absolute Gasteiger partial charge is 0.343 e. The Balaban J connectivity index is 1.24. The van der Waals surface area contributed by atoms with E-state index in [0.717, 1.165) is 11.1 Å². The minimum atomic E-state index is -1.05. The van der Waals surface area contributed by atoms with Crippen LogP contribution in [0.15, 0.2) is 146 Å². The van der Waals surface area contributed by atoms with Gasteiger partial charge in [0.15, 0.2) is 6.10 Å². The molecule has 250 valence electrons. The number of carbonyl (C=O) groups excluding carboxylic acids is 2. The van der Waals surface area contributed by atoms with Crippen LogP contribution in [0.4, 0.5) is 0 Å². The zero-order valence-corrected chi connectivity index (χ0v) is 27.1. The summed E-state index contributed by atoms with van der Waals surface area (Å²) in [5, 5.41) is 0. The molecule has 1 saturated heterocycles. The maximum atomic E-state index is 13.5. The molecule has 0 aromatic heterocycles. The fraction of sp³-hybridized carbons (Fsp3) is 0.220. The molecular weight excluding hydrogens is 620 g/mol. The van der Waals surface area contributed by atoms with Gasteiger partial charge in [-0.1, -0.05) is 104 Å². The van der Waals surface area contributed by atoms with Crippen molar-refractivity contribution in [2.75, 3.05) is 6.61 Å². The normalized spacial score (nSPS) is 20.2. The van der Waals surface area contributed by atoms with E-state index in [9.17, 15) is 9.59 Å². The average Bonchev–Trinajstić information content (AvgIpc) is 3.15. The number of carbonyl (C=O) groups is 2. The summed E-state index contributed by atoms with van der Waals surface area (Å²) in [6.45, 7) is 2.96. The van der Waals surface area contributed by atoms with Crippen LogP contribution in [0.3, 0.4) is 0 Å². The second-order valence-corrected chi connectivity index (χ2v) is 11.7. The maximum Gasteiger partial charge on any atom is 0.343 e. The summed E-state index contributed by atoms with van der Waals surface area (Å²) in [5.41, 5.74) is 2.86. The highest BCUT2D eigenvalue weighted by atomic mass is 16.7. The van der Waals surface area contributed by atoms with Gasteiger partial charge in [0, 0.05) is 5.92 Å². The van der Waals surface area contributed by atoms with Gasteiger partial charge in [-0.3, -0.25) is 0 Å². The van der Waals surface area contributed by atoms with Crippen molar-refractivity contribution in [2.45, 2.75) is 44.7 Å². The van der Waals surface area contributed by atoms with Crippen LogP contribution in [0.1, 0.15) is 38.8 Å². The molecule has 5 aromatic carbocycles. The van der Waals surface area contributed by atoms with E-state index < -0.39 is 36.5 Å². The molecule has 8 heteroatoms. The first kappa shape index (κ1) is 33.6. The Morgan fingerprint density at radius 3 is 1.69 bits per heavy atom. The lowest BCUT2D eigenvalue weighted by atomic mass is 9.90. The molecule has 1 fully saturated rings. The first-order valence-corrected chi connectivity index (χ1v) is 16.3. The van der Waals surface area contributed by atoms with Crippen LogP contribution < -0.4 is 9.47 Å². The molecule has 0 saturated carbocycles. The summed E-state index contributed by atoms with van der Waals surface area (Å²) in [7, 11) is 0. The third-order valence-electron chi connectivity index (χ3n) is 8.23. The summed E-state index contributed by atoms with van der Waals surface area (Å²) >= 11 is 0. The van der Waals surface area contributed by atoms with Crippen LogP contribution in [0.2, 0.25) is 0 Å². The molecule has 0 amide bonds. The lowest BCUT2D eigenvalue weighted by Crippen LogP contribution is -2.59. The Morgan fingerprint density at radius 2 is 1.10 bits per heavy atom. The summed E-state index contributed by atoms with van der Waals surface area (Å²) in [6, 6.07) is 43.9. The van der Waals surface area contributed by atoms with Gasteiger partial charge in [0.1, 0.15) is 17.6 Å². The van der Waals surface area contributed by atoms with Crippen LogP contribution in [-0.4, -0.2) is 43.1 Å². The number of esters is 2. The lowest BCUT2D eigenvalue weighted by molar-refractivity contribution is -0.273. The summed E-state index contributed by atoms with van der Waals surface area (Å²) < 4.78 is 37.3. The van der Waals surface area contributed by atoms with Gasteiger partial charge in [-0.15, -0.1) is 0 Å². The van der Waals surface area contributed by atoms with Gasteiger partial charge in [0.2, 0.25) is 6.29 Å². The molecule has 1 heterocycles. The highest BCUT2D eigenvalue weighted by molar-refractivity contribution is 5.91. The zero-order valence-electron chi connectivity index (χ0n) is 27.1. The fourth-order valence-corrected chi connectivity index (χ4v) is 5.55. The van der Waals surface area contributed by atoms with E-state index in [2.05, 4.69) is 0 Å². The summed E-state index contributed by atoms with van der Waals surface area (Å²) in [6.07, 6.45) is -3.05. The molecule has 49 heavy (non-hydrogen) atoms. The number of ether oxygens (including phenoxy) is 6. The van der Waals surface area contributed by atoms with Crippen molar-refractivity contribution >= 4 is 11.9 Å². The third-order valence-corrected chi connectivity index (χ3v) is 8.23. The molecule has 0 bridgehead atoms. The molecule has 0 aliphatic carbocycles. The predicted molar refractivity (Wildman–Crippen MR) is 183 cm³/mol. The molecule has 0 radical (unpaired) electrons. The van der Waals surface area contributed by atoms with Gasteiger partial charge in [-0.2, -0.15) is 0 Å². The Labute approximate surface area is 286 Å². The lowest BCUT2D eigenvalue weighted by Gasteiger charge is -2.44. The number of hydrogen-bond acceptors (Lipinski definition) is 8. The molecule has 5 aromatic rings. The SMILES string of the molecule is C[C@H]1[C@H](OCc2ccccc2)[C@@H](OC(=O)c2ccccc2)C(Oc2ccc(OC(=O)c3ccccc3)cc2)O[C@@H]1COCc1ccccc1. The first-order chi connectivity index (χ1) is 24.0. The molecule has 0 N–H and O–H groups in total. The second-order valence-electron chi connectivity index (χ2n) is 11.7. The van der Waals surface area contributed by atoms with E-state index in [1.807, 2.05) is 79.7 Å². The van der Waals surface area contributed by atoms with Crippen LogP contribution in [0.25, 0.3) is 0 Å². The largest absolute Gasteiger partial charge is 0.461 e. The Kier molecular flexibility index (Phi) is 11.5. The van der Waals surface area contributed by atoms with Crippen molar-refractivity contribution in [3.8, 4) is 11.5 Å².